The van der Waals surface area contributed by atoms with E-state index in [0.29, 0.717) is 24.7 Å². The molecule has 0 radical (unpaired) electrons. The molecule has 1 aliphatic heterocycles. The molecule has 1 atom stereocenters. The average Bonchev–Trinajstić information content (AvgIpc) is 3.06. The van der Waals surface area contributed by atoms with Crippen LogP contribution in [-0.4, -0.2) is 38.9 Å². The second-order valence-corrected chi connectivity index (χ2v) is 5.89. The number of carbonyl (C=O) groups excluding carboxylic acids is 1. The van der Waals surface area contributed by atoms with Crippen LogP contribution in [0, 0.1) is 6.92 Å². The Kier molecular flexibility index (Phi) is 4.97. The van der Waals surface area contributed by atoms with Gasteiger partial charge in [-0.3, -0.25) is 10.1 Å². The van der Waals surface area contributed by atoms with Gasteiger partial charge in [0, 0.05) is 42.7 Å². The largest absolute Gasteiger partial charge is 0.331 e. The minimum Gasteiger partial charge on any atom is -0.331 e. The predicted octanol–water partition coefficient (Wildman–Crippen LogP) is 1.55. The Hall–Kier alpha value is -2.28. The minimum atomic E-state index is -0.0721. The Labute approximate surface area is 135 Å². The van der Waals surface area contributed by atoms with Gasteiger partial charge in [0.05, 0.1) is 0 Å². The lowest BCUT2D eigenvalue weighted by Crippen LogP contribution is -2.29. The lowest BCUT2D eigenvalue weighted by Gasteiger charge is -2.22. The molecule has 0 aliphatic carbocycles. The first kappa shape index (κ1) is 15.6. The smallest absolute Gasteiger partial charge is 0.227 e. The van der Waals surface area contributed by atoms with Crippen molar-refractivity contribution >= 4 is 11.9 Å². The molecule has 1 amide bonds. The van der Waals surface area contributed by atoms with Crippen LogP contribution in [0.2, 0.25) is 0 Å². The topological polar surface area (TPSA) is 95.6 Å². The molecule has 3 heterocycles. The third-order valence-electron chi connectivity index (χ3n) is 3.95. The van der Waals surface area contributed by atoms with Crippen molar-refractivity contribution in [3.05, 3.63) is 35.7 Å². The molecule has 0 aromatic carbocycles. The number of imidazole rings is 1. The van der Waals surface area contributed by atoms with Crippen molar-refractivity contribution < 1.29 is 4.79 Å². The van der Waals surface area contributed by atoms with Crippen LogP contribution in [0.4, 0.5) is 5.95 Å². The Morgan fingerprint density at radius 3 is 3.09 bits per heavy atom. The van der Waals surface area contributed by atoms with E-state index in [9.17, 15) is 4.79 Å². The van der Waals surface area contributed by atoms with E-state index >= 15 is 0 Å². The summed E-state index contributed by atoms with van der Waals surface area (Å²) in [5.41, 5.74) is 1.88. The normalized spacial score (nSPS) is 17.9. The van der Waals surface area contributed by atoms with Gasteiger partial charge in [-0.1, -0.05) is 0 Å². The van der Waals surface area contributed by atoms with E-state index in [1.807, 2.05) is 13.0 Å². The quantitative estimate of drug-likeness (QED) is 0.778. The molecule has 122 valence electrons. The molecule has 7 nitrogen and oxygen atoms in total. The highest BCUT2D eigenvalue weighted by Crippen LogP contribution is 2.20. The van der Waals surface area contributed by atoms with Crippen molar-refractivity contribution in [3.63, 3.8) is 0 Å². The maximum atomic E-state index is 11.9. The second-order valence-electron chi connectivity index (χ2n) is 5.89. The fourth-order valence-electron chi connectivity index (χ4n) is 2.81. The van der Waals surface area contributed by atoms with Crippen LogP contribution >= 0.6 is 0 Å². The van der Waals surface area contributed by atoms with Crippen molar-refractivity contribution in [2.24, 2.45) is 0 Å². The number of aromatic amines is 1. The fraction of sp³-hybridized carbons (Fsp3) is 0.500. The standard InChI is InChI=1S/C16H22N6O/c1-11-9-13(4-5-14(23)22-16-18-7-8-19-16)21-15(20-11)12-3-2-6-17-10-12/h7-9,12,17H,2-6,10H2,1H3,(H2,18,19,22,23). The molecule has 3 rings (SSSR count). The van der Waals surface area contributed by atoms with Gasteiger partial charge in [0.2, 0.25) is 11.9 Å². The summed E-state index contributed by atoms with van der Waals surface area (Å²) in [5, 5.41) is 6.12. The number of aryl methyl sites for hydroxylation is 2. The lowest BCUT2D eigenvalue weighted by molar-refractivity contribution is -0.116. The summed E-state index contributed by atoms with van der Waals surface area (Å²) in [7, 11) is 0. The van der Waals surface area contributed by atoms with Gasteiger partial charge in [-0.2, -0.15) is 0 Å². The number of piperidine rings is 1. The van der Waals surface area contributed by atoms with Gasteiger partial charge in [-0.05, 0) is 38.8 Å². The monoisotopic (exact) mass is 314 g/mol. The van der Waals surface area contributed by atoms with Gasteiger partial charge in [0.1, 0.15) is 5.82 Å². The molecule has 1 aliphatic rings. The van der Waals surface area contributed by atoms with Gasteiger partial charge in [0.25, 0.3) is 0 Å². The molecule has 2 aromatic heterocycles. The molecule has 3 N–H and O–H groups in total. The molecular weight excluding hydrogens is 292 g/mol. The highest BCUT2D eigenvalue weighted by molar-refractivity contribution is 5.88. The molecule has 0 saturated carbocycles. The number of rotatable bonds is 5. The van der Waals surface area contributed by atoms with Gasteiger partial charge in [0.15, 0.2) is 0 Å². The van der Waals surface area contributed by atoms with Crippen LogP contribution in [-0.2, 0) is 11.2 Å². The average molecular weight is 314 g/mol. The number of nitrogens with one attached hydrogen (secondary N) is 3. The number of anilines is 1. The van der Waals surface area contributed by atoms with Gasteiger partial charge >= 0.3 is 0 Å². The maximum Gasteiger partial charge on any atom is 0.227 e. The van der Waals surface area contributed by atoms with E-state index in [1.54, 1.807) is 12.4 Å². The Balaban J connectivity index is 1.60. The fourth-order valence-corrected chi connectivity index (χ4v) is 2.81. The zero-order chi connectivity index (χ0) is 16.1. The molecule has 2 aromatic rings. The number of aromatic nitrogens is 4. The van der Waals surface area contributed by atoms with Crippen molar-refractivity contribution in [1.82, 2.24) is 25.3 Å². The Morgan fingerprint density at radius 2 is 2.35 bits per heavy atom. The summed E-state index contributed by atoms with van der Waals surface area (Å²) in [6, 6.07) is 1.96. The third-order valence-corrected chi connectivity index (χ3v) is 3.95. The van der Waals surface area contributed by atoms with Gasteiger partial charge < -0.3 is 10.3 Å². The lowest BCUT2D eigenvalue weighted by atomic mass is 9.98. The van der Waals surface area contributed by atoms with Crippen molar-refractivity contribution in [1.29, 1.82) is 0 Å². The molecule has 0 bridgehead atoms. The van der Waals surface area contributed by atoms with E-state index in [-0.39, 0.29) is 5.91 Å². The van der Waals surface area contributed by atoms with Crippen molar-refractivity contribution in [2.45, 2.75) is 38.5 Å². The van der Waals surface area contributed by atoms with Gasteiger partial charge in [-0.25, -0.2) is 15.0 Å². The molecule has 7 heteroatoms. The molecule has 23 heavy (non-hydrogen) atoms. The number of H-pyrrole nitrogens is 1. The minimum absolute atomic E-state index is 0.0721. The second kappa shape index (κ2) is 7.32. The summed E-state index contributed by atoms with van der Waals surface area (Å²) in [6.45, 7) is 3.98. The van der Waals surface area contributed by atoms with Gasteiger partial charge in [-0.15, -0.1) is 0 Å². The third kappa shape index (κ3) is 4.35. The van der Waals surface area contributed by atoms with Crippen LogP contribution < -0.4 is 10.6 Å². The van der Waals surface area contributed by atoms with E-state index in [1.165, 1.54) is 0 Å². The van der Waals surface area contributed by atoms with Crippen molar-refractivity contribution in [2.75, 3.05) is 18.4 Å². The Morgan fingerprint density at radius 1 is 1.43 bits per heavy atom. The first-order valence-electron chi connectivity index (χ1n) is 8.05. The summed E-state index contributed by atoms with van der Waals surface area (Å²) >= 11 is 0. The highest BCUT2D eigenvalue weighted by atomic mass is 16.1. The van der Waals surface area contributed by atoms with Crippen LogP contribution in [0.5, 0.6) is 0 Å². The summed E-state index contributed by atoms with van der Waals surface area (Å²) in [6.07, 6.45) is 6.53. The first-order valence-corrected chi connectivity index (χ1v) is 8.05. The number of nitrogens with zero attached hydrogens (tertiary/aromatic N) is 3. The van der Waals surface area contributed by atoms with Crippen LogP contribution in [0.3, 0.4) is 0 Å². The Bertz CT molecular complexity index is 649. The molecule has 1 saturated heterocycles. The van der Waals surface area contributed by atoms with E-state index in [0.717, 1.165) is 43.1 Å². The zero-order valence-electron chi connectivity index (χ0n) is 13.3. The number of hydrogen-bond acceptors (Lipinski definition) is 5. The van der Waals surface area contributed by atoms with Crippen LogP contribution in [0.25, 0.3) is 0 Å². The van der Waals surface area contributed by atoms with Crippen LogP contribution in [0.1, 0.15) is 42.4 Å². The summed E-state index contributed by atoms with van der Waals surface area (Å²) in [5.74, 6) is 1.68. The number of hydrogen-bond donors (Lipinski definition) is 3. The number of carbonyl (C=O) groups is 1. The van der Waals surface area contributed by atoms with E-state index < -0.39 is 0 Å². The zero-order valence-corrected chi connectivity index (χ0v) is 13.3. The first-order chi connectivity index (χ1) is 11.2. The van der Waals surface area contributed by atoms with Crippen LogP contribution in [0.15, 0.2) is 18.5 Å². The van der Waals surface area contributed by atoms with E-state index in [4.69, 9.17) is 0 Å². The maximum absolute atomic E-state index is 11.9. The van der Waals surface area contributed by atoms with Crippen molar-refractivity contribution in [3.8, 4) is 0 Å². The van der Waals surface area contributed by atoms with E-state index in [2.05, 4.69) is 30.6 Å². The number of amides is 1. The SMILES string of the molecule is Cc1cc(CCC(=O)Nc2ncc[nH]2)nc(C2CCCNC2)n1. The molecule has 0 spiro atoms. The predicted molar refractivity (Wildman–Crippen MR) is 87.2 cm³/mol. The molecule has 1 fully saturated rings. The highest BCUT2D eigenvalue weighted by Gasteiger charge is 2.18. The molecule has 1 unspecified atom stereocenters. The summed E-state index contributed by atoms with van der Waals surface area (Å²) in [4.78, 5) is 28.0. The summed E-state index contributed by atoms with van der Waals surface area (Å²) < 4.78 is 0. The molecular formula is C16H22N6O.